The zero-order valence-corrected chi connectivity index (χ0v) is 14.7. The van der Waals surface area contributed by atoms with Crippen LogP contribution in [0.25, 0.3) is 0 Å². The Morgan fingerprint density at radius 2 is 2.08 bits per heavy atom. The molecule has 140 valence electrons. The molecule has 0 aliphatic carbocycles. The molecular formula is C18H28N2O5. The minimum absolute atomic E-state index is 0.0561. The van der Waals surface area contributed by atoms with Crippen molar-refractivity contribution in [3.63, 3.8) is 0 Å². The van der Waals surface area contributed by atoms with E-state index in [-0.39, 0.29) is 25.2 Å². The predicted molar refractivity (Wildman–Crippen MR) is 92.9 cm³/mol. The molecule has 6 atom stereocenters. The van der Waals surface area contributed by atoms with E-state index in [0.717, 1.165) is 5.56 Å². The number of aliphatic hydroxyl groups is 2. The van der Waals surface area contributed by atoms with E-state index < -0.39 is 30.5 Å². The molecule has 25 heavy (non-hydrogen) atoms. The predicted octanol–water partition coefficient (Wildman–Crippen LogP) is -0.413. The molecule has 2 rings (SSSR count). The Bertz CT molecular complexity index is 542. The fourth-order valence-corrected chi connectivity index (χ4v) is 2.91. The fourth-order valence-electron chi connectivity index (χ4n) is 2.91. The van der Waals surface area contributed by atoms with E-state index in [0.29, 0.717) is 6.42 Å². The summed E-state index contributed by atoms with van der Waals surface area (Å²) in [4.78, 5) is 12.3. The molecule has 7 nitrogen and oxygen atoms in total. The summed E-state index contributed by atoms with van der Waals surface area (Å²) in [5.74, 6) is -0.269. The zero-order chi connectivity index (χ0) is 18.4. The summed E-state index contributed by atoms with van der Waals surface area (Å²) in [7, 11) is 0. The van der Waals surface area contributed by atoms with Crippen LogP contribution in [0.3, 0.4) is 0 Å². The summed E-state index contributed by atoms with van der Waals surface area (Å²) in [6, 6.07) is 9.27. The third-order valence-electron chi connectivity index (χ3n) is 4.33. The van der Waals surface area contributed by atoms with E-state index in [9.17, 15) is 15.0 Å². The van der Waals surface area contributed by atoms with Gasteiger partial charge in [-0.2, -0.15) is 0 Å². The van der Waals surface area contributed by atoms with Crippen LogP contribution >= 0.6 is 0 Å². The number of rotatable bonds is 7. The number of amides is 1. The SMILES string of the molecule is C[C@@H](Cc1ccccc1)NC(=O)[C@@H](C)O[C@H]1[C@H](O)[C@@H](CO)OC[C@@H]1N. The minimum Gasteiger partial charge on any atom is -0.394 e. The number of nitrogens with two attached hydrogens (primary N) is 1. The Labute approximate surface area is 148 Å². The van der Waals surface area contributed by atoms with Crippen molar-refractivity contribution in [2.24, 2.45) is 5.73 Å². The lowest BCUT2D eigenvalue weighted by molar-refractivity contribution is -0.188. The lowest BCUT2D eigenvalue weighted by Gasteiger charge is -2.39. The summed E-state index contributed by atoms with van der Waals surface area (Å²) in [5.41, 5.74) is 7.05. The zero-order valence-electron chi connectivity index (χ0n) is 14.7. The van der Waals surface area contributed by atoms with E-state index in [4.69, 9.17) is 15.2 Å². The quantitative estimate of drug-likeness (QED) is 0.530. The maximum Gasteiger partial charge on any atom is 0.249 e. The Hall–Kier alpha value is -1.51. The van der Waals surface area contributed by atoms with Gasteiger partial charge < -0.3 is 30.7 Å². The van der Waals surface area contributed by atoms with Gasteiger partial charge in [-0.25, -0.2) is 0 Å². The molecule has 1 aliphatic rings. The first-order valence-corrected chi connectivity index (χ1v) is 8.58. The average Bonchev–Trinajstić information content (AvgIpc) is 2.59. The highest BCUT2D eigenvalue weighted by Gasteiger charge is 2.40. The van der Waals surface area contributed by atoms with Crippen LogP contribution in [0.5, 0.6) is 0 Å². The molecule has 7 heteroatoms. The second-order valence-corrected chi connectivity index (χ2v) is 6.55. The molecule has 0 unspecified atom stereocenters. The smallest absolute Gasteiger partial charge is 0.249 e. The van der Waals surface area contributed by atoms with Crippen LogP contribution in [0.15, 0.2) is 30.3 Å². The summed E-state index contributed by atoms with van der Waals surface area (Å²) >= 11 is 0. The van der Waals surface area contributed by atoms with Crippen molar-refractivity contribution in [2.75, 3.05) is 13.2 Å². The molecule has 0 aromatic heterocycles. The van der Waals surface area contributed by atoms with Crippen LogP contribution in [-0.2, 0) is 20.7 Å². The van der Waals surface area contributed by atoms with Gasteiger partial charge in [0, 0.05) is 6.04 Å². The van der Waals surface area contributed by atoms with E-state index in [2.05, 4.69) is 5.32 Å². The van der Waals surface area contributed by atoms with Gasteiger partial charge in [0.2, 0.25) is 5.91 Å². The van der Waals surface area contributed by atoms with Gasteiger partial charge in [-0.3, -0.25) is 4.79 Å². The summed E-state index contributed by atoms with van der Waals surface area (Å²) in [6.45, 7) is 3.37. The number of benzene rings is 1. The number of hydrogen-bond acceptors (Lipinski definition) is 6. The van der Waals surface area contributed by atoms with Crippen LogP contribution < -0.4 is 11.1 Å². The number of ether oxygens (including phenoxy) is 2. The largest absolute Gasteiger partial charge is 0.394 e. The molecule has 1 amide bonds. The topological polar surface area (TPSA) is 114 Å². The molecule has 0 bridgehead atoms. The Morgan fingerprint density at radius 3 is 2.72 bits per heavy atom. The first-order valence-electron chi connectivity index (χ1n) is 8.58. The molecule has 5 N–H and O–H groups in total. The van der Waals surface area contributed by atoms with E-state index >= 15 is 0 Å². The minimum atomic E-state index is -1.08. The number of nitrogens with one attached hydrogen (secondary N) is 1. The highest BCUT2D eigenvalue weighted by molar-refractivity contribution is 5.80. The fraction of sp³-hybridized carbons (Fsp3) is 0.611. The van der Waals surface area contributed by atoms with Crippen molar-refractivity contribution in [3.05, 3.63) is 35.9 Å². The van der Waals surface area contributed by atoms with Crippen LogP contribution in [0.4, 0.5) is 0 Å². The number of hydrogen-bond donors (Lipinski definition) is 4. The third-order valence-corrected chi connectivity index (χ3v) is 4.33. The van der Waals surface area contributed by atoms with E-state index in [1.54, 1.807) is 6.92 Å². The molecule has 1 aromatic carbocycles. The van der Waals surface area contributed by atoms with Crippen molar-refractivity contribution < 1.29 is 24.5 Å². The van der Waals surface area contributed by atoms with Crippen molar-refractivity contribution in [1.82, 2.24) is 5.32 Å². The van der Waals surface area contributed by atoms with Crippen LogP contribution in [0, 0.1) is 0 Å². The van der Waals surface area contributed by atoms with Crippen molar-refractivity contribution in [3.8, 4) is 0 Å². The first-order chi connectivity index (χ1) is 11.9. The van der Waals surface area contributed by atoms with Gasteiger partial charge in [0.15, 0.2) is 0 Å². The summed E-state index contributed by atoms with van der Waals surface area (Å²) < 4.78 is 10.9. The van der Waals surface area contributed by atoms with Gasteiger partial charge in [0.25, 0.3) is 0 Å². The molecule has 1 aliphatic heterocycles. The first kappa shape index (κ1) is 19.8. The normalized spacial score (nSPS) is 29.0. The standard InChI is InChI=1S/C18H28N2O5/c1-11(8-13-6-4-3-5-7-13)20-18(23)12(2)25-17-14(19)10-24-15(9-21)16(17)22/h3-7,11-12,14-17,21-22H,8-10,19H2,1-2H3,(H,20,23)/t11-,12+,14-,15+,16+,17+/m0/s1. The Morgan fingerprint density at radius 1 is 1.40 bits per heavy atom. The lowest BCUT2D eigenvalue weighted by Crippen LogP contribution is -2.60. The Balaban J connectivity index is 1.86. The summed E-state index contributed by atoms with van der Waals surface area (Å²) in [6.07, 6.45) is -2.66. The van der Waals surface area contributed by atoms with Gasteiger partial charge in [0.1, 0.15) is 24.4 Å². The monoisotopic (exact) mass is 352 g/mol. The van der Waals surface area contributed by atoms with Crippen molar-refractivity contribution >= 4 is 5.91 Å². The molecule has 1 aromatic rings. The molecule has 1 fully saturated rings. The van der Waals surface area contributed by atoms with E-state index in [1.807, 2.05) is 37.3 Å². The van der Waals surface area contributed by atoms with Crippen LogP contribution in [0.2, 0.25) is 0 Å². The molecule has 0 radical (unpaired) electrons. The second kappa shape index (κ2) is 9.26. The third kappa shape index (κ3) is 5.49. The molecule has 1 saturated heterocycles. The number of aliphatic hydroxyl groups excluding tert-OH is 2. The summed E-state index contributed by atoms with van der Waals surface area (Å²) in [5, 5.41) is 22.3. The van der Waals surface area contributed by atoms with Gasteiger partial charge in [-0.05, 0) is 25.8 Å². The maximum absolute atomic E-state index is 12.3. The number of carbonyl (C=O) groups is 1. The van der Waals surface area contributed by atoms with Crippen molar-refractivity contribution in [1.29, 1.82) is 0 Å². The molecule has 0 saturated carbocycles. The van der Waals surface area contributed by atoms with Gasteiger partial charge in [-0.1, -0.05) is 30.3 Å². The molecular weight excluding hydrogens is 324 g/mol. The Kier molecular flexibility index (Phi) is 7.34. The van der Waals surface area contributed by atoms with E-state index in [1.165, 1.54) is 0 Å². The highest BCUT2D eigenvalue weighted by atomic mass is 16.6. The van der Waals surface area contributed by atoms with Crippen LogP contribution in [-0.4, -0.2) is 65.8 Å². The van der Waals surface area contributed by atoms with Crippen molar-refractivity contribution in [2.45, 2.75) is 56.8 Å². The lowest BCUT2D eigenvalue weighted by atomic mass is 9.98. The highest BCUT2D eigenvalue weighted by Crippen LogP contribution is 2.18. The number of carbonyl (C=O) groups excluding carboxylic acids is 1. The average molecular weight is 352 g/mol. The van der Waals surface area contributed by atoms with Gasteiger partial charge >= 0.3 is 0 Å². The second-order valence-electron chi connectivity index (χ2n) is 6.55. The van der Waals surface area contributed by atoms with Gasteiger partial charge in [-0.15, -0.1) is 0 Å². The maximum atomic E-state index is 12.3. The molecule has 0 spiro atoms. The molecule has 1 heterocycles. The van der Waals surface area contributed by atoms with Crippen LogP contribution in [0.1, 0.15) is 19.4 Å². The van der Waals surface area contributed by atoms with Gasteiger partial charge in [0.05, 0.1) is 19.3 Å².